The summed E-state index contributed by atoms with van der Waals surface area (Å²) in [6.07, 6.45) is 3.48. The van der Waals surface area contributed by atoms with Crippen LogP contribution in [0, 0.1) is 0 Å². The van der Waals surface area contributed by atoms with Gasteiger partial charge in [-0.05, 0) is 52.3 Å². The number of hydrogen-bond acceptors (Lipinski definition) is 2. The van der Waals surface area contributed by atoms with E-state index in [0.29, 0.717) is 0 Å². The first-order valence-electron chi connectivity index (χ1n) is 7.92. The first-order valence-corrected chi connectivity index (χ1v) is 7.92. The molecule has 1 heterocycles. The molecule has 0 aliphatic rings. The summed E-state index contributed by atoms with van der Waals surface area (Å²) >= 11 is 0. The lowest BCUT2D eigenvalue weighted by Crippen LogP contribution is -2.40. The minimum absolute atomic E-state index is 0.200. The van der Waals surface area contributed by atoms with Gasteiger partial charge in [-0.3, -0.25) is 0 Å². The molecule has 116 valence electrons. The van der Waals surface area contributed by atoms with E-state index in [1.807, 2.05) is 6.07 Å². The molecule has 0 aliphatic heterocycles. The fourth-order valence-corrected chi connectivity index (χ4v) is 2.39. The second-order valence-corrected chi connectivity index (χ2v) is 6.53. The maximum absolute atomic E-state index is 5.89. The average Bonchev–Trinajstić information content (AvgIpc) is 2.83. The Morgan fingerprint density at radius 2 is 2.00 bits per heavy atom. The van der Waals surface area contributed by atoms with Crippen molar-refractivity contribution in [3.8, 4) is 5.75 Å². The molecule has 3 heteroatoms. The van der Waals surface area contributed by atoms with E-state index < -0.39 is 0 Å². The number of ether oxygens (including phenoxy) is 1. The summed E-state index contributed by atoms with van der Waals surface area (Å²) in [6, 6.07) is 8.43. The first-order chi connectivity index (χ1) is 9.93. The molecule has 0 unspecified atom stereocenters. The zero-order chi connectivity index (χ0) is 15.5. The smallest absolute Gasteiger partial charge is 0.129 e. The van der Waals surface area contributed by atoms with Crippen molar-refractivity contribution in [3.05, 3.63) is 30.5 Å². The van der Waals surface area contributed by atoms with Gasteiger partial charge >= 0.3 is 0 Å². The predicted octanol–water partition coefficient (Wildman–Crippen LogP) is 4.21. The van der Waals surface area contributed by atoms with Gasteiger partial charge in [-0.1, -0.05) is 13.0 Å². The largest absolute Gasteiger partial charge is 0.490 e. The molecule has 2 rings (SSSR count). The number of nitrogens with one attached hydrogen (secondary N) is 1. The second-order valence-electron chi connectivity index (χ2n) is 6.53. The van der Waals surface area contributed by atoms with Crippen molar-refractivity contribution in [1.82, 2.24) is 9.88 Å². The van der Waals surface area contributed by atoms with Crippen LogP contribution in [0.25, 0.3) is 10.9 Å². The number of benzene rings is 1. The van der Waals surface area contributed by atoms with Crippen LogP contribution >= 0.6 is 0 Å². The van der Waals surface area contributed by atoms with Crippen molar-refractivity contribution in [3.63, 3.8) is 0 Å². The molecular formula is C18H28N2O. The van der Waals surface area contributed by atoms with Crippen LogP contribution in [0.15, 0.2) is 30.5 Å². The lowest BCUT2D eigenvalue weighted by molar-refractivity contribution is 0.245. The van der Waals surface area contributed by atoms with Gasteiger partial charge in [0.15, 0.2) is 0 Å². The lowest BCUT2D eigenvalue weighted by Gasteiger charge is -2.24. The Hall–Kier alpha value is -1.48. The summed E-state index contributed by atoms with van der Waals surface area (Å²) < 4.78 is 8.18. The van der Waals surface area contributed by atoms with Gasteiger partial charge in [0, 0.05) is 30.2 Å². The Labute approximate surface area is 128 Å². The molecular weight excluding hydrogens is 260 g/mol. The van der Waals surface area contributed by atoms with Crippen LogP contribution in [0.5, 0.6) is 5.75 Å². The molecule has 0 amide bonds. The van der Waals surface area contributed by atoms with Gasteiger partial charge in [-0.15, -0.1) is 0 Å². The van der Waals surface area contributed by atoms with Crippen molar-refractivity contribution >= 4 is 10.9 Å². The Morgan fingerprint density at radius 3 is 2.67 bits per heavy atom. The second kappa shape index (κ2) is 6.52. The highest BCUT2D eigenvalue weighted by Gasteiger charge is 2.13. The van der Waals surface area contributed by atoms with E-state index in [4.69, 9.17) is 4.74 Å². The third-order valence-corrected chi connectivity index (χ3v) is 3.98. The molecule has 0 atom stereocenters. The molecule has 0 aliphatic carbocycles. The van der Waals surface area contributed by atoms with Gasteiger partial charge in [-0.25, -0.2) is 0 Å². The molecule has 1 aromatic heterocycles. The number of rotatable bonds is 7. The molecule has 0 fully saturated rings. The minimum Gasteiger partial charge on any atom is -0.490 e. The van der Waals surface area contributed by atoms with Gasteiger partial charge in [0.25, 0.3) is 0 Å². The first kappa shape index (κ1) is 15.9. The molecule has 0 spiro atoms. The van der Waals surface area contributed by atoms with Crippen molar-refractivity contribution in [2.75, 3.05) is 6.54 Å². The number of fused-ring (bicyclic) bond motifs is 1. The Morgan fingerprint density at radius 1 is 1.24 bits per heavy atom. The third kappa shape index (κ3) is 4.01. The molecule has 2 aromatic rings. The minimum atomic E-state index is 0.200. The van der Waals surface area contributed by atoms with Crippen molar-refractivity contribution in [2.24, 2.45) is 0 Å². The van der Waals surface area contributed by atoms with Crippen molar-refractivity contribution in [2.45, 2.75) is 59.2 Å². The SMILES string of the molecule is CCC(C)(C)NCCn1ccc2c(OC(C)C)cccc21. The van der Waals surface area contributed by atoms with Crippen LogP contribution in [0.2, 0.25) is 0 Å². The highest BCUT2D eigenvalue weighted by atomic mass is 16.5. The molecule has 1 aromatic carbocycles. The van der Waals surface area contributed by atoms with E-state index in [1.54, 1.807) is 0 Å². The predicted molar refractivity (Wildman–Crippen MR) is 90.1 cm³/mol. The van der Waals surface area contributed by atoms with Crippen LogP contribution < -0.4 is 10.1 Å². The quantitative estimate of drug-likeness (QED) is 0.826. The van der Waals surface area contributed by atoms with Gasteiger partial charge < -0.3 is 14.6 Å². The van der Waals surface area contributed by atoms with E-state index in [-0.39, 0.29) is 11.6 Å². The fraction of sp³-hybridized carbons (Fsp3) is 0.556. The molecule has 3 nitrogen and oxygen atoms in total. The maximum atomic E-state index is 5.89. The molecule has 1 N–H and O–H groups in total. The van der Waals surface area contributed by atoms with Crippen LogP contribution in [0.4, 0.5) is 0 Å². The van der Waals surface area contributed by atoms with Crippen LogP contribution in [0.1, 0.15) is 41.0 Å². The average molecular weight is 288 g/mol. The highest BCUT2D eigenvalue weighted by molar-refractivity contribution is 5.86. The standard InChI is InChI=1S/C18H28N2O/c1-6-18(4,5)19-11-13-20-12-10-15-16(20)8-7-9-17(15)21-14(2)3/h7-10,12,14,19H,6,11,13H2,1-5H3. The zero-order valence-electron chi connectivity index (χ0n) is 13.9. The van der Waals surface area contributed by atoms with E-state index in [1.165, 1.54) is 10.9 Å². The van der Waals surface area contributed by atoms with E-state index in [9.17, 15) is 0 Å². The van der Waals surface area contributed by atoms with E-state index >= 15 is 0 Å². The summed E-state index contributed by atoms with van der Waals surface area (Å²) in [7, 11) is 0. The lowest BCUT2D eigenvalue weighted by atomic mass is 10.0. The summed E-state index contributed by atoms with van der Waals surface area (Å²) in [5, 5.41) is 4.80. The summed E-state index contributed by atoms with van der Waals surface area (Å²) in [4.78, 5) is 0. The van der Waals surface area contributed by atoms with Crippen molar-refractivity contribution < 1.29 is 4.74 Å². The Bertz CT molecular complexity index is 584. The Balaban J connectivity index is 2.11. The number of nitrogens with zero attached hydrogens (tertiary/aromatic N) is 1. The van der Waals surface area contributed by atoms with Crippen LogP contribution in [-0.2, 0) is 6.54 Å². The van der Waals surface area contributed by atoms with Gasteiger partial charge in [0.05, 0.1) is 11.6 Å². The summed E-state index contributed by atoms with van der Waals surface area (Å²) in [5.74, 6) is 0.975. The normalized spacial score (nSPS) is 12.3. The molecule has 21 heavy (non-hydrogen) atoms. The van der Waals surface area contributed by atoms with Gasteiger partial charge in [-0.2, -0.15) is 0 Å². The topological polar surface area (TPSA) is 26.2 Å². The fourth-order valence-electron chi connectivity index (χ4n) is 2.39. The van der Waals surface area contributed by atoms with Gasteiger partial charge in [0.1, 0.15) is 5.75 Å². The summed E-state index contributed by atoms with van der Waals surface area (Å²) in [5.41, 5.74) is 1.44. The number of aromatic nitrogens is 1. The molecule has 0 radical (unpaired) electrons. The molecule has 0 bridgehead atoms. The van der Waals surface area contributed by atoms with Crippen molar-refractivity contribution in [1.29, 1.82) is 0 Å². The summed E-state index contributed by atoms with van der Waals surface area (Å²) in [6.45, 7) is 12.8. The highest BCUT2D eigenvalue weighted by Crippen LogP contribution is 2.27. The maximum Gasteiger partial charge on any atom is 0.129 e. The number of hydrogen-bond donors (Lipinski definition) is 1. The van der Waals surface area contributed by atoms with Crippen LogP contribution in [-0.4, -0.2) is 22.8 Å². The third-order valence-electron chi connectivity index (χ3n) is 3.98. The zero-order valence-corrected chi connectivity index (χ0v) is 13.9. The van der Waals surface area contributed by atoms with E-state index in [0.717, 1.165) is 25.3 Å². The molecule has 0 saturated carbocycles. The Kier molecular flexibility index (Phi) is 4.94. The van der Waals surface area contributed by atoms with E-state index in [2.05, 4.69) is 68.9 Å². The monoisotopic (exact) mass is 288 g/mol. The van der Waals surface area contributed by atoms with Crippen LogP contribution in [0.3, 0.4) is 0 Å². The van der Waals surface area contributed by atoms with Gasteiger partial charge in [0.2, 0.25) is 0 Å². The molecule has 0 saturated heterocycles.